The van der Waals surface area contributed by atoms with E-state index in [4.69, 9.17) is 0 Å². The predicted octanol–water partition coefficient (Wildman–Crippen LogP) is 0.406. The van der Waals surface area contributed by atoms with Crippen LogP contribution in [0.2, 0.25) is 0 Å². The van der Waals surface area contributed by atoms with Crippen LogP contribution in [0.25, 0.3) is 0 Å². The van der Waals surface area contributed by atoms with Crippen LogP contribution in [-0.2, 0) is 9.59 Å². The van der Waals surface area contributed by atoms with Gasteiger partial charge in [-0.05, 0) is 19.1 Å². The molecule has 0 spiro atoms. The lowest BCUT2D eigenvalue weighted by Crippen LogP contribution is -2.67. The van der Waals surface area contributed by atoms with E-state index < -0.39 is 6.04 Å². The van der Waals surface area contributed by atoms with E-state index >= 15 is 0 Å². The Morgan fingerprint density at radius 1 is 1.20 bits per heavy atom. The largest absolute Gasteiger partial charge is 0.335 e. The molecule has 2 saturated heterocycles. The van der Waals surface area contributed by atoms with E-state index in [1.165, 1.54) is 16.7 Å². The molecule has 3 rings (SSSR count). The second-order valence-corrected chi connectivity index (χ2v) is 6.31. The number of piperazine rings is 2. The van der Waals surface area contributed by atoms with E-state index in [1.807, 2.05) is 0 Å². The summed E-state index contributed by atoms with van der Waals surface area (Å²) in [6, 6.07) is 5.70. The number of benzene rings is 1. The number of nitrogens with zero attached hydrogens (tertiary/aromatic N) is 3. The molecule has 4 amide bonds. The monoisotopic (exact) mass is 344 g/mol. The maximum atomic E-state index is 12.5. The summed E-state index contributed by atoms with van der Waals surface area (Å²) in [5.74, 6) is -0.337. The molecule has 132 valence electrons. The smallest absolute Gasteiger partial charge is 0.321 e. The van der Waals surface area contributed by atoms with Gasteiger partial charge < -0.3 is 20.0 Å². The normalized spacial score (nSPS) is 20.4. The van der Waals surface area contributed by atoms with Crippen molar-refractivity contribution in [3.8, 4) is 0 Å². The molecule has 1 aromatic rings. The number of ketones is 1. The summed E-state index contributed by atoms with van der Waals surface area (Å²) < 4.78 is 0. The fraction of sp³-hybridized carbons (Fsp3) is 0.412. The second-order valence-electron chi connectivity index (χ2n) is 6.31. The minimum Gasteiger partial charge on any atom is -0.335 e. The van der Waals surface area contributed by atoms with Crippen LogP contribution in [0.15, 0.2) is 24.3 Å². The summed E-state index contributed by atoms with van der Waals surface area (Å²) >= 11 is 0. The molecule has 0 bridgehead atoms. The number of Topliss-reactive ketones (excluding diaryl/α,β-unsaturated/α-hetero) is 1. The molecule has 1 atom stereocenters. The second kappa shape index (κ2) is 6.54. The van der Waals surface area contributed by atoms with Gasteiger partial charge in [0.25, 0.3) is 0 Å². The Morgan fingerprint density at radius 3 is 2.68 bits per heavy atom. The molecule has 2 fully saturated rings. The minimum absolute atomic E-state index is 0.0827. The van der Waals surface area contributed by atoms with Crippen molar-refractivity contribution in [2.24, 2.45) is 0 Å². The molecule has 2 heterocycles. The number of carbonyl (C=O) groups is 4. The van der Waals surface area contributed by atoms with Gasteiger partial charge in [-0.15, -0.1) is 0 Å². The van der Waals surface area contributed by atoms with Crippen molar-refractivity contribution in [1.82, 2.24) is 14.7 Å². The Bertz CT molecular complexity index is 748. The fourth-order valence-electron chi connectivity index (χ4n) is 3.12. The number of carbonyl (C=O) groups excluding carboxylic acids is 4. The standard InChI is InChI=1S/C17H20N4O4/c1-11(22)12-4-3-5-13(8-12)18-17(25)20-6-7-21-14(9-20)16(24)19(2)10-15(21)23/h3-5,8,14H,6-7,9-10H2,1-2H3,(H,18,25)/t14-/m0/s1. The van der Waals surface area contributed by atoms with Crippen LogP contribution in [0.4, 0.5) is 10.5 Å². The fourth-order valence-corrected chi connectivity index (χ4v) is 3.12. The molecule has 1 aromatic carbocycles. The number of hydrogen-bond donors (Lipinski definition) is 1. The minimum atomic E-state index is -0.630. The SMILES string of the molecule is CC(=O)c1cccc(NC(=O)N2CCN3C(=O)CN(C)C(=O)[C@@H]3C2)c1. The van der Waals surface area contributed by atoms with Gasteiger partial charge in [0, 0.05) is 31.4 Å². The molecule has 0 aliphatic carbocycles. The number of urea groups is 1. The third kappa shape index (κ3) is 3.33. The van der Waals surface area contributed by atoms with Crippen molar-refractivity contribution in [1.29, 1.82) is 0 Å². The van der Waals surface area contributed by atoms with Gasteiger partial charge in [0.05, 0.1) is 13.1 Å². The maximum absolute atomic E-state index is 12.5. The van der Waals surface area contributed by atoms with E-state index in [9.17, 15) is 19.2 Å². The van der Waals surface area contributed by atoms with Gasteiger partial charge in [0.2, 0.25) is 11.8 Å². The van der Waals surface area contributed by atoms with Crippen molar-refractivity contribution >= 4 is 29.3 Å². The summed E-state index contributed by atoms with van der Waals surface area (Å²) in [5.41, 5.74) is 1.03. The lowest BCUT2D eigenvalue weighted by atomic mass is 10.1. The molecule has 0 unspecified atom stereocenters. The predicted molar refractivity (Wildman–Crippen MR) is 90.2 cm³/mol. The summed E-state index contributed by atoms with van der Waals surface area (Å²) in [6.45, 7) is 2.40. The van der Waals surface area contributed by atoms with E-state index in [1.54, 1.807) is 36.2 Å². The maximum Gasteiger partial charge on any atom is 0.321 e. The van der Waals surface area contributed by atoms with E-state index in [0.29, 0.717) is 24.3 Å². The molecule has 1 N–H and O–H groups in total. The molecule has 0 aromatic heterocycles. The van der Waals surface area contributed by atoms with E-state index in [0.717, 1.165) is 0 Å². The van der Waals surface area contributed by atoms with Crippen LogP contribution < -0.4 is 5.32 Å². The number of likely N-dealkylation sites (N-methyl/N-ethyl adjacent to an activating group) is 1. The third-order valence-corrected chi connectivity index (χ3v) is 4.54. The quantitative estimate of drug-likeness (QED) is 0.787. The molecule has 2 aliphatic heterocycles. The first-order valence-corrected chi connectivity index (χ1v) is 8.08. The molecule has 8 nitrogen and oxygen atoms in total. The van der Waals surface area contributed by atoms with Crippen LogP contribution in [0.3, 0.4) is 0 Å². The molecule has 2 aliphatic rings. The highest BCUT2D eigenvalue weighted by Gasteiger charge is 2.42. The Morgan fingerprint density at radius 2 is 1.96 bits per heavy atom. The molecular formula is C17H20N4O4. The number of nitrogens with one attached hydrogen (secondary N) is 1. The van der Waals surface area contributed by atoms with Gasteiger partial charge in [0.15, 0.2) is 5.78 Å². The summed E-state index contributed by atoms with van der Waals surface area (Å²) in [4.78, 5) is 52.7. The van der Waals surface area contributed by atoms with Gasteiger partial charge in [0.1, 0.15) is 6.04 Å². The lowest BCUT2D eigenvalue weighted by molar-refractivity contribution is -0.157. The molecule has 0 saturated carbocycles. The van der Waals surface area contributed by atoms with Crippen LogP contribution >= 0.6 is 0 Å². The molecule has 0 radical (unpaired) electrons. The zero-order valence-electron chi connectivity index (χ0n) is 14.2. The van der Waals surface area contributed by atoms with Gasteiger partial charge in [-0.2, -0.15) is 0 Å². The van der Waals surface area contributed by atoms with Crippen molar-refractivity contribution < 1.29 is 19.2 Å². The molecule has 8 heteroatoms. The Hall–Kier alpha value is -2.90. The van der Waals surface area contributed by atoms with Gasteiger partial charge in [-0.1, -0.05) is 12.1 Å². The van der Waals surface area contributed by atoms with Crippen LogP contribution in [-0.4, -0.2) is 77.6 Å². The van der Waals surface area contributed by atoms with E-state index in [2.05, 4.69) is 5.32 Å². The Balaban J connectivity index is 1.69. The first-order valence-electron chi connectivity index (χ1n) is 8.08. The zero-order valence-corrected chi connectivity index (χ0v) is 14.2. The zero-order chi connectivity index (χ0) is 18.1. The highest BCUT2D eigenvalue weighted by molar-refractivity contribution is 5.98. The molecular weight excluding hydrogens is 324 g/mol. The van der Waals surface area contributed by atoms with Crippen LogP contribution in [0.1, 0.15) is 17.3 Å². The molecule has 25 heavy (non-hydrogen) atoms. The Labute approximate surface area is 145 Å². The highest BCUT2D eigenvalue weighted by atomic mass is 16.2. The lowest BCUT2D eigenvalue weighted by Gasteiger charge is -2.45. The topological polar surface area (TPSA) is 90.0 Å². The van der Waals surface area contributed by atoms with Crippen LogP contribution in [0.5, 0.6) is 0 Å². The summed E-state index contributed by atoms with van der Waals surface area (Å²) in [5, 5.41) is 2.75. The van der Waals surface area contributed by atoms with Crippen molar-refractivity contribution in [3.63, 3.8) is 0 Å². The average molecular weight is 344 g/mol. The van der Waals surface area contributed by atoms with Crippen molar-refractivity contribution in [3.05, 3.63) is 29.8 Å². The highest BCUT2D eigenvalue weighted by Crippen LogP contribution is 2.18. The van der Waals surface area contributed by atoms with Gasteiger partial charge in [-0.3, -0.25) is 14.4 Å². The number of amides is 4. The number of rotatable bonds is 2. The number of hydrogen-bond acceptors (Lipinski definition) is 4. The summed E-state index contributed by atoms with van der Waals surface area (Å²) in [6.07, 6.45) is 0. The summed E-state index contributed by atoms with van der Waals surface area (Å²) in [7, 11) is 1.59. The first-order chi connectivity index (χ1) is 11.9. The number of fused-ring (bicyclic) bond motifs is 1. The van der Waals surface area contributed by atoms with Crippen molar-refractivity contribution in [2.45, 2.75) is 13.0 Å². The van der Waals surface area contributed by atoms with Crippen molar-refractivity contribution in [2.75, 3.05) is 38.5 Å². The first kappa shape index (κ1) is 16.9. The van der Waals surface area contributed by atoms with Gasteiger partial charge in [-0.25, -0.2) is 4.79 Å². The van der Waals surface area contributed by atoms with E-state index in [-0.39, 0.29) is 36.7 Å². The Kier molecular flexibility index (Phi) is 4.43. The average Bonchev–Trinajstić information content (AvgIpc) is 2.59. The van der Waals surface area contributed by atoms with Crippen LogP contribution in [0, 0.1) is 0 Å². The number of anilines is 1. The third-order valence-electron chi connectivity index (χ3n) is 4.54. The van der Waals surface area contributed by atoms with Gasteiger partial charge >= 0.3 is 6.03 Å².